The lowest BCUT2D eigenvalue weighted by molar-refractivity contribution is -0.121. The van der Waals surface area contributed by atoms with E-state index in [4.69, 9.17) is 0 Å². The highest BCUT2D eigenvalue weighted by molar-refractivity contribution is 8.15. The van der Waals surface area contributed by atoms with Gasteiger partial charge in [-0.05, 0) is 48.9 Å². The largest absolute Gasteiger partial charge is 0.335 e. The number of hydrogen-bond donors (Lipinski definition) is 1. The Labute approximate surface area is 179 Å². The number of amides is 2. The molecular weight excluding hydrogens is 394 g/mol. The van der Waals surface area contributed by atoms with Gasteiger partial charge in [-0.15, -0.1) is 0 Å². The van der Waals surface area contributed by atoms with Crippen molar-refractivity contribution in [3.63, 3.8) is 0 Å². The van der Waals surface area contributed by atoms with Crippen LogP contribution in [-0.2, 0) is 9.59 Å². The van der Waals surface area contributed by atoms with Crippen molar-refractivity contribution in [3.05, 3.63) is 90.5 Å². The summed E-state index contributed by atoms with van der Waals surface area (Å²) in [6, 6.07) is 26.6. The van der Waals surface area contributed by atoms with Gasteiger partial charge in [0.15, 0.2) is 5.17 Å². The van der Waals surface area contributed by atoms with Crippen LogP contribution in [0.1, 0.15) is 12.0 Å². The van der Waals surface area contributed by atoms with Gasteiger partial charge in [0.2, 0.25) is 11.8 Å². The van der Waals surface area contributed by atoms with Gasteiger partial charge in [0.25, 0.3) is 0 Å². The summed E-state index contributed by atoms with van der Waals surface area (Å²) in [4.78, 5) is 31.7. The Hall–Kier alpha value is -3.38. The Kier molecular flexibility index (Phi) is 5.95. The van der Waals surface area contributed by atoms with Crippen LogP contribution >= 0.6 is 11.8 Å². The molecule has 0 aliphatic carbocycles. The number of nitrogens with zero attached hydrogens (tertiary/aromatic N) is 2. The second-order valence-corrected chi connectivity index (χ2v) is 8.15. The molecule has 1 fully saturated rings. The summed E-state index contributed by atoms with van der Waals surface area (Å²) >= 11 is 1.28. The molecule has 3 aromatic carbocycles. The van der Waals surface area contributed by atoms with E-state index in [0.29, 0.717) is 10.9 Å². The van der Waals surface area contributed by atoms with E-state index in [-0.39, 0.29) is 18.2 Å². The molecule has 0 radical (unpaired) electrons. The lowest BCUT2D eigenvalue weighted by Gasteiger charge is -2.16. The summed E-state index contributed by atoms with van der Waals surface area (Å²) in [7, 11) is 0. The molecular formula is C24H21N3O2S. The van der Waals surface area contributed by atoms with Gasteiger partial charge >= 0.3 is 0 Å². The zero-order valence-electron chi connectivity index (χ0n) is 16.5. The first kappa shape index (κ1) is 19.9. The van der Waals surface area contributed by atoms with Crippen molar-refractivity contribution in [2.75, 3.05) is 10.2 Å². The van der Waals surface area contributed by atoms with Crippen LogP contribution in [-0.4, -0.2) is 22.2 Å². The molecule has 150 valence electrons. The fourth-order valence-electron chi connectivity index (χ4n) is 3.22. The topological polar surface area (TPSA) is 61.8 Å². The lowest BCUT2D eigenvalue weighted by atomic mass is 10.2. The summed E-state index contributed by atoms with van der Waals surface area (Å²) < 4.78 is 0. The summed E-state index contributed by atoms with van der Waals surface area (Å²) in [6.45, 7) is 1.94. The van der Waals surface area contributed by atoms with Crippen molar-refractivity contribution in [1.82, 2.24) is 0 Å². The molecule has 1 saturated heterocycles. The molecule has 3 aromatic rings. The number of hydrogen-bond acceptors (Lipinski definition) is 4. The summed E-state index contributed by atoms with van der Waals surface area (Å²) in [5.41, 5.74) is 3.26. The van der Waals surface area contributed by atoms with Crippen molar-refractivity contribution in [2.45, 2.75) is 18.6 Å². The molecule has 1 N–H and O–H groups in total. The highest BCUT2D eigenvalue weighted by Gasteiger charge is 2.40. The fourth-order valence-corrected chi connectivity index (χ4v) is 4.25. The van der Waals surface area contributed by atoms with Crippen molar-refractivity contribution in [3.8, 4) is 0 Å². The average molecular weight is 416 g/mol. The van der Waals surface area contributed by atoms with E-state index in [0.717, 1.165) is 16.9 Å². The number of carbonyl (C=O) groups excluding carboxylic acids is 2. The van der Waals surface area contributed by atoms with E-state index in [2.05, 4.69) is 10.3 Å². The Morgan fingerprint density at radius 3 is 2.37 bits per heavy atom. The van der Waals surface area contributed by atoms with Gasteiger partial charge in [-0.1, -0.05) is 60.3 Å². The number of thioether (sulfide) groups is 1. The maximum atomic E-state index is 13.1. The molecule has 0 unspecified atom stereocenters. The van der Waals surface area contributed by atoms with E-state index in [9.17, 15) is 9.59 Å². The summed E-state index contributed by atoms with van der Waals surface area (Å²) in [5.74, 6) is -0.409. The Bertz CT molecular complexity index is 1080. The summed E-state index contributed by atoms with van der Waals surface area (Å²) in [6.07, 6.45) is 0.141. The second-order valence-electron chi connectivity index (χ2n) is 6.96. The molecule has 6 heteroatoms. The standard InChI is InChI=1S/C24H21N3O2S/c1-17-9-8-14-20(15-17)27-22(28)16-21(23(27)29)30-24(25-18-10-4-2-5-11-18)26-19-12-6-3-7-13-19/h2-15,21H,16H2,1H3,(H,25,26)/t21-/m1/s1. The van der Waals surface area contributed by atoms with E-state index >= 15 is 0 Å². The second kappa shape index (κ2) is 8.97. The number of carbonyl (C=O) groups is 2. The third-order valence-electron chi connectivity index (χ3n) is 4.63. The normalized spacial score (nSPS) is 16.8. The minimum atomic E-state index is -0.531. The lowest BCUT2D eigenvalue weighted by Crippen LogP contribution is -2.31. The van der Waals surface area contributed by atoms with Crippen molar-refractivity contribution in [1.29, 1.82) is 0 Å². The van der Waals surface area contributed by atoms with Crippen LogP contribution in [0.25, 0.3) is 0 Å². The molecule has 0 bridgehead atoms. The van der Waals surface area contributed by atoms with Crippen LogP contribution in [0.15, 0.2) is 89.9 Å². The molecule has 1 aliphatic rings. The van der Waals surface area contributed by atoms with Gasteiger partial charge in [0, 0.05) is 12.1 Å². The zero-order chi connectivity index (χ0) is 20.9. The monoisotopic (exact) mass is 415 g/mol. The first-order valence-corrected chi connectivity index (χ1v) is 10.5. The number of aryl methyl sites for hydroxylation is 1. The van der Waals surface area contributed by atoms with Crippen molar-refractivity contribution >= 4 is 45.8 Å². The molecule has 4 rings (SSSR count). The molecule has 2 amide bonds. The number of amidine groups is 1. The van der Waals surface area contributed by atoms with Crippen LogP contribution < -0.4 is 10.2 Å². The third kappa shape index (κ3) is 4.60. The third-order valence-corrected chi connectivity index (χ3v) is 5.70. The van der Waals surface area contributed by atoms with Gasteiger partial charge in [-0.3, -0.25) is 9.59 Å². The molecule has 0 aromatic heterocycles. The number of para-hydroxylation sites is 2. The highest BCUT2D eigenvalue weighted by Crippen LogP contribution is 2.32. The van der Waals surface area contributed by atoms with Crippen molar-refractivity contribution in [2.24, 2.45) is 4.99 Å². The molecule has 30 heavy (non-hydrogen) atoms. The number of aliphatic imine (C=N–C) groups is 1. The van der Waals surface area contributed by atoms with Gasteiger partial charge in [-0.25, -0.2) is 9.89 Å². The minimum absolute atomic E-state index is 0.141. The van der Waals surface area contributed by atoms with Gasteiger partial charge in [0.1, 0.15) is 5.25 Å². The van der Waals surface area contributed by atoms with E-state index in [1.807, 2.05) is 85.8 Å². The Morgan fingerprint density at radius 1 is 0.967 bits per heavy atom. The van der Waals surface area contributed by atoms with Crippen molar-refractivity contribution < 1.29 is 9.59 Å². The smallest absolute Gasteiger partial charge is 0.247 e. The molecule has 0 saturated carbocycles. The highest BCUT2D eigenvalue weighted by atomic mass is 32.2. The molecule has 1 aliphatic heterocycles. The first-order valence-electron chi connectivity index (χ1n) is 9.66. The predicted octanol–water partition coefficient (Wildman–Crippen LogP) is 5.16. The minimum Gasteiger partial charge on any atom is -0.335 e. The van der Waals surface area contributed by atoms with Gasteiger partial charge in [-0.2, -0.15) is 0 Å². The zero-order valence-corrected chi connectivity index (χ0v) is 17.3. The van der Waals surface area contributed by atoms with E-state index in [1.54, 1.807) is 6.07 Å². The van der Waals surface area contributed by atoms with Crippen LogP contribution in [0.5, 0.6) is 0 Å². The predicted molar refractivity (Wildman–Crippen MR) is 123 cm³/mol. The van der Waals surface area contributed by atoms with E-state index < -0.39 is 5.25 Å². The Morgan fingerprint density at radius 2 is 1.67 bits per heavy atom. The van der Waals surface area contributed by atoms with Crippen LogP contribution in [0.3, 0.4) is 0 Å². The van der Waals surface area contributed by atoms with Crippen LogP contribution in [0, 0.1) is 6.92 Å². The molecule has 0 spiro atoms. The van der Waals surface area contributed by atoms with E-state index in [1.165, 1.54) is 16.7 Å². The number of anilines is 2. The summed E-state index contributed by atoms with van der Waals surface area (Å²) in [5, 5.41) is 3.33. The first-order chi connectivity index (χ1) is 14.6. The van der Waals surface area contributed by atoms with Crippen LogP contribution in [0.4, 0.5) is 17.1 Å². The molecule has 1 atom stereocenters. The number of nitrogens with one attached hydrogen (secondary N) is 1. The van der Waals surface area contributed by atoms with Gasteiger partial charge in [0.05, 0.1) is 11.4 Å². The molecule has 1 heterocycles. The number of imide groups is 1. The maximum absolute atomic E-state index is 13.1. The molecule has 5 nitrogen and oxygen atoms in total. The number of rotatable bonds is 4. The maximum Gasteiger partial charge on any atom is 0.247 e. The van der Waals surface area contributed by atoms with Crippen LogP contribution in [0.2, 0.25) is 0 Å². The Balaban J connectivity index is 1.59. The average Bonchev–Trinajstić information content (AvgIpc) is 3.02. The number of benzene rings is 3. The quantitative estimate of drug-likeness (QED) is 0.363. The fraction of sp³-hybridized carbons (Fsp3) is 0.125. The van der Waals surface area contributed by atoms with Gasteiger partial charge < -0.3 is 5.32 Å². The SMILES string of the molecule is Cc1cccc(N2C(=O)C[C@@H](SC(=Nc3ccccc3)Nc3ccccc3)C2=O)c1.